The Morgan fingerprint density at radius 2 is 1.58 bits per heavy atom. The SMILES string of the molecule is CC(=O)N(C)c1ccc(S(=O)(=O)NC2Cc3ccccc3C2)cc1. The predicted molar refractivity (Wildman–Crippen MR) is 93.5 cm³/mol. The van der Waals surface area contributed by atoms with Crippen LogP contribution in [0.15, 0.2) is 53.4 Å². The van der Waals surface area contributed by atoms with Gasteiger partial charge in [0.15, 0.2) is 0 Å². The van der Waals surface area contributed by atoms with Crippen molar-refractivity contribution in [3.05, 3.63) is 59.7 Å². The third-order valence-electron chi connectivity index (χ3n) is 4.38. The molecule has 24 heavy (non-hydrogen) atoms. The average molecular weight is 344 g/mol. The van der Waals surface area contributed by atoms with E-state index in [1.54, 1.807) is 19.2 Å². The van der Waals surface area contributed by atoms with Gasteiger partial charge in [-0.15, -0.1) is 0 Å². The molecule has 0 unspecified atom stereocenters. The van der Waals surface area contributed by atoms with Crippen LogP contribution in [0.5, 0.6) is 0 Å². The molecule has 0 spiro atoms. The minimum atomic E-state index is -3.58. The molecule has 1 amide bonds. The largest absolute Gasteiger partial charge is 0.316 e. The highest BCUT2D eigenvalue weighted by molar-refractivity contribution is 7.89. The molecule has 126 valence electrons. The Kier molecular flexibility index (Phi) is 4.43. The van der Waals surface area contributed by atoms with E-state index in [4.69, 9.17) is 0 Å². The number of fused-ring (bicyclic) bond motifs is 1. The molecule has 2 aromatic carbocycles. The van der Waals surface area contributed by atoms with E-state index in [1.807, 2.05) is 24.3 Å². The number of nitrogens with one attached hydrogen (secondary N) is 1. The van der Waals surface area contributed by atoms with Gasteiger partial charge in [0.05, 0.1) is 4.90 Å². The van der Waals surface area contributed by atoms with Gasteiger partial charge in [0.2, 0.25) is 15.9 Å². The van der Waals surface area contributed by atoms with Crippen LogP contribution >= 0.6 is 0 Å². The Hall–Kier alpha value is -2.18. The van der Waals surface area contributed by atoms with Crippen molar-refractivity contribution in [3.8, 4) is 0 Å². The molecule has 0 bridgehead atoms. The van der Waals surface area contributed by atoms with E-state index in [0.29, 0.717) is 18.5 Å². The van der Waals surface area contributed by atoms with Gasteiger partial charge >= 0.3 is 0 Å². The summed E-state index contributed by atoms with van der Waals surface area (Å²) < 4.78 is 27.9. The number of rotatable bonds is 4. The first-order valence-electron chi connectivity index (χ1n) is 7.80. The lowest BCUT2D eigenvalue weighted by atomic mass is 10.1. The monoisotopic (exact) mass is 344 g/mol. The average Bonchev–Trinajstić information content (AvgIpc) is 2.95. The summed E-state index contributed by atoms with van der Waals surface area (Å²) in [6, 6.07) is 14.2. The van der Waals surface area contributed by atoms with Gasteiger partial charge < -0.3 is 4.90 Å². The van der Waals surface area contributed by atoms with Crippen molar-refractivity contribution in [2.45, 2.75) is 30.7 Å². The number of carbonyl (C=O) groups is 1. The van der Waals surface area contributed by atoms with Gasteiger partial charge in [0.1, 0.15) is 0 Å². The second-order valence-corrected chi connectivity index (χ2v) is 7.78. The maximum Gasteiger partial charge on any atom is 0.240 e. The van der Waals surface area contributed by atoms with Crippen LogP contribution in [0.2, 0.25) is 0 Å². The van der Waals surface area contributed by atoms with E-state index in [2.05, 4.69) is 4.72 Å². The molecule has 0 saturated heterocycles. The fraction of sp³-hybridized carbons (Fsp3) is 0.278. The zero-order valence-electron chi connectivity index (χ0n) is 13.7. The van der Waals surface area contributed by atoms with Crippen molar-refractivity contribution in [2.75, 3.05) is 11.9 Å². The second kappa shape index (κ2) is 6.37. The molecular formula is C18H20N2O3S. The van der Waals surface area contributed by atoms with Crippen molar-refractivity contribution >= 4 is 21.6 Å². The third kappa shape index (κ3) is 3.34. The Morgan fingerprint density at radius 1 is 1.04 bits per heavy atom. The molecular weight excluding hydrogens is 324 g/mol. The summed E-state index contributed by atoms with van der Waals surface area (Å²) in [7, 11) is -1.92. The molecule has 0 heterocycles. The third-order valence-corrected chi connectivity index (χ3v) is 5.92. The van der Waals surface area contributed by atoms with Crippen molar-refractivity contribution < 1.29 is 13.2 Å². The van der Waals surface area contributed by atoms with Crippen LogP contribution < -0.4 is 9.62 Å². The number of benzene rings is 2. The number of nitrogens with zero attached hydrogens (tertiary/aromatic N) is 1. The Balaban J connectivity index is 1.73. The molecule has 2 aromatic rings. The zero-order valence-corrected chi connectivity index (χ0v) is 14.5. The summed E-state index contributed by atoms with van der Waals surface area (Å²) in [6.07, 6.45) is 1.42. The zero-order chi connectivity index (χ0) is 17.3. The van der Waals surface area contributed by atoms with Crippen LogP contribution in [0.1, 0.15) is 18.1 Å². The lowest BCUT2D eigenvalue weighted by Gasteiger charge is -2.16. The van der Waals surface area contributed by atoms with Gasteiger partial charge in [-0.1, -0.05) is 24.3 Å². The molecule has 3 rings (SSSR count). The highest BCUT2D eigenvalue weighted by Crippen LogP contribution is 2.24. The quantitative estimate of drug-likeness (QED) is 0.924. The maximum atomic E-state index is 12.6. The fourth-order valence-corrected chi connectivity index (χ4v) is 4.20. The molecule has 0 fully saturated rings. The molecule has 0 atom stereocenters. The van der Waals surface area contributed by atoms with E-state index in [-0.39, 0.29) is 16.8 Å². The number of hydrogen-bond acceptors (Lipinski definition) is 3. The lowest BCUT2D eigenvalue weighted by Crippen LogP contribution is -2.35. The summed E-state index contributed by atoms with van der Waals surface area (Å²) in [4.78, 5) is 13.0. The van der Waals surface area contributed by atoms with Crippen molar-refractivity contribution in [2.24, 2.45) is 0 Å². The number of amides is 1. The highest BCUT2D eigenvalue weighted by atomic mass is 32.2. The molecule has 0 radical (unpaired) electrons. The van der Waals surface area contributed by atoms with E-state index < -0.39 is 10.0 Å². The Labute approximate surface area is 142 Å². The second-order valence-electron chi connectivity index (χ2n) is 6.07. The lowest BCUT2D eigenvalue weighted by molar-refractivity contribution is -0.116. The van der Waals surface area contributed by atoms with E-state index in [1.165, 1.54) is 35.1 Å². The van der Waals surface area contributed by atoms with E-state index in [9.17, 15) is 13.2 Å². The van der Waals surface area contributed by atoms with Crippen molar-refractivity contribution in [3.63, 3.8) is 0 Å². The van der Waals surface area contributed by atoms with Crippen molar-refractivity contribution in [1.82, 2.24) is 4.72 Å². The number of sulfonamides is 1. The van der Waals surface area contributed by atoms with E-state index >= 15 is 0 Å². The summed E-state index contributed by atoms with van der Waals surface area (Å²) in [5.41, 5.74) is 3.06. The minimum Gasteiger partial charge on any atom is -0.316 e. The van der Waals surface area contributed by atoms with E-state index in [0.717, 1.165) is 0 Å². The normalized spacial score (nSPS) is 14.4. The maximum absolute atomic E-state index is 12.6. The smallest absolute Gasteiger partial charge is 0.240 e. The van der Waals surface area contributed by atoms with Gasteiger partial charge in [-0.25, -0.2) is 13.1 Å². The topological polar surface area (TPSA) is 66.5 Å². The van der Waals surface area contributed by atoms with Crippen LogP contribution in [0.25, 0.3) is 0 Å². The van der Waals surface area contributed by atoms with Crippen LogP contribution in [0, 0.1) is 0 Å². The van der Waals surface area contributed by atoms with Gasteiger partial charge in [-0.3, -0.25) is 4.79 Å². The van der Waals surface area contributed by atoms with Gasteiger partial charge in [0, 0.05) is 25.7 Å². The summed E-state index contributed by atoms with van der Waals surface area (Å²) >= 11 is 0. The summed E-state index contributed by atoms with van der Waals surface area (Å²) in [5.74, 6) is -0.104. The Morgan fingerprint density at radius 3 is 2.08 bits per heavy atom. The number of hydrogen-bond donors (Lipinski definition) is 1. The molecule has 1 aliphatic rings. The number of carbonyl (C=O) groups excluding carboxylic acids is 1. The Bertz CT molecular complexity index is 835. The van der Waals surface area contributed by atoms with Crippen molar-refractivity contribution in [1.29, 1.82) is 0 Å². The first kappa shape index (κ1) is 16.7. The first-order valence-corrected chi connectivity index (χ1v) is 9.28. The van der Waals surface area contributed by atoms with Gasteiger partial charge in [-0.2, -0.15) is 0 Å². The van der Waals surface area contributed by atoms with Crippen LogP contribution in [-0.4, -0.2) is 27.4 Å². The molecule has 1 N–H and O–H groups in total. The molecule has 0 aliphatic heterocycles. The fourth-order valence-electron chi connectivity index (χ4n) is 2.96. The molecule has 5 nitrogen and oxygen atoms in total. The van der Waals surface area contributed by atoms with Gasteiger partial charge in [-0.05, 0) is 48.2 Å². The molecule has 6 heteroatoms. The predicted octanol–water partition coefficient (Wildman–Crippen LogP) is 2.11. The molecule has 1 aliphatic carbocycles. The number of anilines is 1. The summed E-state index contributed by atoms with van der Waals surface area (Å²) in [5, 5.41) is 0. The highest BCUT2D eigenvalue weighted by Gasteiger charge is 2.26. The standard InChI is InChI=1S/C18H20N2O3S/c1-13(21)20(2)17-7-9-18(10-8-17)24(22,23)19-16-11-14-5-3-4-6-15(14)12-16/h3-10,16,19H,11-12H2,1-2H3. The van der Waals surface area contributed by atoms with Gasteiger partial charge in [0.25, 0.3) is 0 Å². The molecule has 0 aromatic heterocycles. The van der Waals surface area contributed by atoms with Crippen LogP contribution in [0.3, 0.4) is 0 Å². The van der Waals surface area contributed by atoms with Crippen LogP contribution in [0.4, 0.5) is 5.69 Å². The summed E-state index contributed by atoms with van der Waals surface area (Å²) in [6.45, 7) is 1.46. The first-order chi connectivity index (χ1) is 11.4. The minimum absolute atomic E-state index is 0.104. The molecule has 0 saturated carbocycles. The van der Waals surface area contributed by atoms with Crippen LogP contribution in [-0.2, 0) is 27.7 Å².